The Balaban J connectivity index is 3.35. The summed E-state index contributed by atoms with van der Waals surface area (Å²) < 4.78 is 1.22. The van der Waals surface area contributed by atoms with Gasteiger partial charge in [0.15, 0.2) is 0 Å². The first-order valence-corrected chi connectivity index (χ1v) is 3.50. The maximum absolute atomic E-state index is 5.44. The van der Waals surface area contributed by atoms with Crippen LogP contribution in [0.1, 0.15) is 26.7 Å². The Hall–Kier alpha value is 0.540. The Bertz CT molecular complexity index is 52.4. The van der Waals surface area contributed by atoms with Crippen molar-refractivity contribution in [3.63, 3.8) is 0 Å². The summed E-state index contributed by atoms with van der Waals surface area (Å²) in [6.45, 7) is 4.12. The quantitative estimate of drug-likeness (QED) is 0.568. The van der Waals surface area contributed by atoms with Crippen molar-refractivity contribution in [2.45, 2.75) is 32.7 Å². The van der Waals surface area contributed by atoms with Crippen molar-refractivity contribution in [1.29, 1.82) is 0 Å². The molecule has 0 aromatic carbocycles. The molecule has 0 aliphatic carbocycles. The van der Waals surface area contributed by atoms with Gasteiger partial charge in [0, 0.05) is 6.04 Å². The molecule has 1 nitrogen and oxygen atoms in total. The third-order valence-corrected chi connectivity index (χ3v) is 1.77. The van der Waals surface area contributed by atoms with E-state index in [0.29, 0.717) is 6.04 Å². The van der Waals surface area contributed by atoms with Crippen LogP contribution in [0.25, 0.3) is 0 Å². The van der Waals surface area contributed by atoms with Gasteiger partial charge >= 0.3 is 0 Å². The van der Waals surface area contributed by atoms with E-state index in [2.05, 4.69) is 13.8 Å². The Morgan fingerprint density at radius 3 is 1.62 bits per heavy atom. The molecule has 50 valence electrons. The molecule has 0 spiro atoms. The van der Waals surface area contributed by atoms with Crippen LogP contribution in [0.4, 0.5) is 0 Å². The van der Waals surface area contributed by atoms with E-state index in [-0.39, 0.29) is 0 Å². The highest BCUT2D eigenvalue weighted by molar-refractivity contribution is 6.33. The summed E-state index contributed by atoms with van der Waals surface area (Å²) in [5.74, 6) is 0. The van der Waals surface area contributed by atoms with Crippen LogP contribution in [0.3, 0.4) is 0 Å². The molecule has 0 N–H and O–H groups in total. The molecule has 0 amide bonds. The van der Waals surface area contributed by atoms with Gasteiger partial charge < -0.3 is 0 Å². The molecule has 8 heavy (non-hydrogen) atoms. The van der Waals surface area contributed by atoms with E-state index in [1.54, 1.807) is 0 Å². The lowest BCUT2D eigenvalue weighted by Crippen LogP contribution is -2.16. The highest BCUT2D eigenvalue weighted by Crippen LogP contribution is 2.12. The summed E-state index contributed by atoms with van der Waals surface area (Å²) in [6, 6.07) is 0.318. The standard InChI is InChI=1S/C5H11Cl2N/c1-3-5(4-2)8(6)7/h5H,3-4H2,1-2H3. The lowest BCUT2D eigenvalue weighted by Gasteiger charge is -2.13. The molecule has 0 heterocycles. The Labute approximate surface area is 60.8 Å². The minimum Gasteiger partial charge on any atom is -0.129 e. The first-order chi connectivity index (χ1) is 3.72. The minimum absolute atomic E-state index is 0.318. The van der Waals surface area contributed by atoms with E-state index < -0.39 is 0 Å². The Morgan fingerprint density at radius 2 is 1.62 bits per heavy atom. The number of hydrogen-bond donors (Lipinski definition) is 0. The van der Waals surface area contributed by atoms with Crippen LogP contribution in [-0.2, 0) is 0 Å². The maximum atomic E-state index is 5.44. The van der Waals surface area contributed by atoms with Gasteiger partial charge in [-0.1, -0.05) is 13.8 Å². The smallest absolute Gasteiger partial charge is 0.0411 e. The second kappa shape index (κ2) is 4.42. The van der Waals surface area contributed by atoms with Crippen LogP contribution in [0.2, 0.25) is 0 Å². The highest BCUT2D eigenvalue weighted by atomic mass is 35.5. The lowest BCUT2D eigenvalue weighted by molar-refractivity contribution is 0.458. The summed E-state index contributed by atoms with van der Waals surface area (Å²) >= 11 is 10.9. The second-order valence-electron chi connectivity index (χ2n) is 1.73. The average molecular weight is 156 g/mol. The molecule has 0 saturated heterocycles. The molecular weight excluding hydrogens is 145 g/mol. The summed E-state index contributed by atoms with van der Waals surface area (Å²) in [5.41, 5.74) is 0. The third-order valence-electron chi connectivity index (χ3n) is 1.22. The predicted molar refractivity (Wildman–Crippen MR) is 37.9 cm³/mol. The fourth-order valence-electron chi connectivity index (χ4n) is 0.565. The molecule has 0 aromatic rings. The normalized spacial score (nSPS) is 11.2. The van der Waals surface area contributed by atoms with Gasteiger partial charge in [0.05, 0.1) is 0 Å². The summed E-state index contributed by atoms with van der Waals surface area (Å²) in [4.78, 5) is 0. The van der Waals surface area contributed by atoms with Gasteiger partial charge in [0.25, 0.3) is 0 Å². The van der Waals surface area contributed by atoms with Crippen LogP contribution in [0, 0.1) is 0 Å². The van der Waals surface area contributed by atoms with Crippen molar-refractivity contribution >= 4 is 23.6 Å². The average Bonchev–Trinajstić information content (AvgIpc) is 1.69. The molecule has 0 fully saturated rings. The van der Waals surface area contributed by atoms with Crippen molar-refractivity contribution in [3.8, 4) is 0 Å². The molecule has 3 heteroatoms. The van der Waals surface area contributed by atoms with Gasteiger partial charge in [0.2, 0.25) is 0 Å². The third kappa shape index (κ3) is 2.75. The first kappa shape index (κ1) is 8.54. The van der Waals surface area contributed by atoms with Crippen LogP contribution >= 0.6 is 23.6 Å². The van der Waals surface area contributed by atoms with Crippen LogP contribution in [0.15, 0.2) is 0 Å². The topological polar surface area (TPSA) is 3.24 Å². The zero-order valence-corrected chi connectivity index (χ0v) is 6.71. The summed E-state index contributed by atoms with van der Waals surface area (Å²) in [7, 11) is 0. The largest absolute Gasteiger partial charge is 0.129 e. The fraction of sp³-hybridized carbons (Fsp3) is 1.00. The van der Waals surface area contributed by atoms with Crippen LogP contribution in [-0.4, -0.2) is 9.98 Å². The van der Waals surface area contributed by atoms with Gasteiger partial charge in [-0.3, -0.25) is 0 Å². The minimum atomic E-state index is 0.318. The Kier molecular flexibility index (Phi) is 4.72. The second-order valence-corrected chi connectivity index (χ2v) is 2.63. The van der Waals surface area contributed by atoms with Gasteiger partial charge in [-0.2, -0.15) is 0 Å². The van der Waals surface area contributed by atoms with Crippen LogP contribution < -0.4 is 0 Å². The van der Waals surface area contributed by atoms with E-state index in [9.17, 15) is 0 Å². The van der Waals surface area contributed by atoms with Crippen LogP contribution in [0.5, 0.6) is 0 Å². The number of hydrogen-bond acceptors (Lipinski definition) is 1. The van der Waals surface area contributed by atoms with Gasteiger partial charge in [-0.05, 0) is 36.4 Å². The van der Waals surface area contributed by atoms with Gasteiger partial charge in [0.1, 0.15) is 0 Å². The molecule has 0 rings (SSSR count). The highest BCUT2D eigenvalue weighted by Gasteiger charge is 2.07. The molecule has 0 saturated carbocycles. The van der Waals surface area contributed by atoms with Crippen molar-refractivity contribution < 1.29 is 0 Å². The molecule has 0 aliphatic heterocycles. The predicted octanol–water partition coefficient (Wildman–Crippen LogP) is 2.78. The monoisotopic (exact) mass is 155 g/mol. The summed E-state index contributed by atoms with van der Waals surface area (Å²) in [5, 5.41) is 0. The van der Waals surface area contributed by atoms with E-state index in [1.165, 1.54) is 3.94 Å². The molecule has 0 bridgehead atoms. The molecular formula is C5H11Cl2N. The molecule has 0 atom stereocenters. The van der Waals surface area contributed by atoms with E-state index >= 15 is 0 Å². The SMILES string of the molecule is CCC(CC)N(Cl)Cl. The number of halogens is 2. The lowest BCUT2D eigenvalue weighted by atomic mass is 10.2. The van der Waals surface area contributed by atoms with Crippen molar-refractivity contribution in [3.05, 3.63) is 0 Å². The Morgan fingerprint density at radius 1 is 1.25 bits per heavy atom. The fourth-order valence-corrected chi connectivity index (χ4v) is 1.12. The molecule has 0 aromatic heterocycles. The van der Waals surface area contributed by atoms with Crippen molar-refractivity contribution in [1.82, 2.24) is 3.94 Å². The maximum Gasteiger partial charge on any atom is 0.0411 e. The first-order valence-electron chi connectivity index (χ1n) is 2.83. The van der Waals surface area contributed by atoms with Crippen molar-refractivity contribution in [2.75, 3.05) is 0 Å². The zero-order valence-electron chi connectivity index (χ0n) is 5.19. The van der Waals surface area contributed by atoms with Crippen molar-refractivity contribution in [2.24, 2.45) is 0 Å². The number of rotatable bonds is 3. The van der Waals surface area contributed by atoms with Gasteiger partial charge in [-0.15, -0.1) is 3.94 Å². The number of nitrogens with zero attached hydrogens (tertiary/aromatic N) is 1. The molecule has 0 unspecified atom stereocenters. The zero-order chi connectivity index (χ0) is 6.57. The van der Waals surface area contributed by atoms with E-state index in [4.69, 9.17) is 23.6 Å². The molecule has 0 radical (unpaired) electrons. The summed E-state index contributed by atoms with van der Waals surface area (Å²) in [6.07, 6.45) is 2.01. The molecule has 0 aliphatic rings. The van der Waals surface area contributed by atoms with E-state index in [1.807, 2.05) is 0 Å². The van der Waals surface area contributed by atoms with Gasteiger partial charge in [-0.25, -0.2) is 0 Å². The van der Waals surface area contributed by atoms with E-state index in [0.717, 1.165) is 12.8 Å².